The minimum absolute atomic E-state index is 0.0684. The standard InChI is InChI=1S/C12H19NO3/c1-8(7-14)6-13-9(2)11-5-10(15)3-4-12(11)16/h3-5,8-9,13-16H,6-7H2,1-2H3. The molecule has 0 aromatic heterocycles. The molecule has 90 valence electrons. The van der Waals surface area contributed by atoms with Crippen molar-refractivity contribution in [1.29, 1.82) is 0 Å². The maximum absolute atomic E-state index is 9.63. The van der Waals surface area contributed by atoms with E-state index in [2.05, 4.69) is 5.32 Å². The Kier molecular flexibility index (Phi) is 4.58. The van der Waals surface area contributed by atoms with Crippen LogP contribution in [0, 0.1) is 5.92 Å². The Morgan fingerprint density at radius 2 is 1.94 bits per heavy atom. The number of phenols is 2. The number of phenolic OH excluding ortho intramolecular Hbond substituents is 2. The number of rotatable bonds is 5. The van der Waals surface area contributed by atoms with Gasteiger partial charge in [0.2, 0.25) is 0 Å². The van der Waals surface area contributed by atoms with Crippen molar-refractivity contribution < 1.29 is 15.3 Å². The van der Waals surface area contributed by atoms with E-state index in [1.165, 1.54) is 18.2 Å². The van der Waals surface area contributed by atoms with E-state index in [1.807, 2.05) is 13.8 Å². The number of aliphatic hydroxyl groups excluding tert-OH is 1. The van der Waals surface area contributed by atoms with Gasteiger partial charge in [0.25, 0.3) is 0 Å². The highest BCUT2D eigenvalue weighted by atomic mass is 16.3. The molecule has 2 unspecified atom stereocenters. The summed E-state index contributed by atoms with van der Waals surface area (Å²) < 4.78 is 0. The van der Waals surface area contributed by atoms with Crippen LogP contribution in [-0.4, -0.2) is 28.5 Å². The summed E-state index contributed by atoms with van der Waals surface area (Å²) in [4.78, 5) is 0. The van der Waals surface area contributed by atoms with Gasteiger partial charge in [0.05, 0.1) is 0 Å². The molecule has 0 aliphatic rings. The minimum Gasteiger partial charge on any atom is -0.508 e. The first-order valence-electron chi connectivity index (χ1n) is 5.40. The summed E-state index contributed by atoms with van der Waals surface area (Å²) >= 11 is 0. The lowest BCUT2D eigenvalue weighted by atomic mass is 10.1. The van der Waals surface area contributed by atoms with Crippen LogP contribution in [0.4, 0.5) is 0 Å². The van der Waals surface area contributed by atoms with Gasteiger partial charge in [0.1, 0.15) is 11.5 Å². The number of aromatic hydroxyl groups is 2. The van der Waals surface area contributed by atoms with Crippen molar-refractivity contribution >= 4 is 0 Å². The molecular formula is C12H19NO3. The molecule has 4 heteroatoms. The molecule has 16 heavy (non-hydrogen) atoms. The Labute approximate surface area is 95.6 Å². The fraction of sp³-hybridized carbons (Fsp3) is 0.500. The molecule has 0 aliphatic heterocycles. The normalized spacial score (nSPS) is 14.7. The first-order chi connectivity index (χ1) is 7.54. The summed E-state index contributed by atoms with van der Waals surface area (Å²) in [6.07, 6.45) is 0. The molecule has 0 radical (unpaired) electrons. The lowest BCUT2D eigenvalue weighted by Crippen LogP contribution is -2.26. The molecule has 0 fully saturated rings. The molecule has 1 rings (SSSR count). The number of benzene rings is 1. The van der Waals surface area contributed by atoms with Crippen LogP contribution >= 0.6 is 0 Å². The molecule has 0 aliphatic carbocycles. The summed E-state index contributed by atoms with van der Waals surface area (Å²) in [6, 6.07) is 4.39. The van der Waals surface area contributed by atoms with Crippen LogP contribution in [0.2, 0.25) is 0 Å². The van der Waals surface area contributed by atoms with Crippen LogP contribution in [0.15, 0.2) is 18.2 Å². The maximum atomic E-state index is 9.63. The van der Waals surface area contributed by atoms with E-state index in [1.54, 1.807) is 0 Å². The van der Waals surface area contributed by atoms with Gasteiger partial charge in [0, 0.05) is 24.8 Å². The number of hydrogen-bond donors (Lipinski definition) is 4. The monoisotopic (exact) mass is 225 g/mol. The van der Waals surface area contributed by atoms with Crippen molar-refractivity contribution in [3.05, 3.63) is 23.8 Å². The highest BCUT2D eigenvalue weighted by molar-refractivity contribution is 5.40. The van der Waals surface area contributed by atoms with Gasteiger partial charge >= 0.3 is 0 Å². The van der Waals surface area contributed by atoms with Crippen molar-refractivity contribution in [3.8, 4) is 11.5 Å². The number of nitrogens with one attached hydrogen (secondary N) is 1. The van der Waals surface area contributed by atoms with Gasteiger partial charge in [-0.15, -0.1) is 0 Å². The average molecular weight is 225 g/mol. The van der Waals surface area contributed by atoms with Gasteiger partial charge < -0.3 is 20.6 Å². The van der Waals surface area contributed by atoms with Crippen molar-refractivity contribution in [1.82, 2.24) is 5.32 Å². The predicted octanol–water partition coefficient (Wildman–Crippen LogP) is 1.38. The van der Waals surface area contributed by atoms with Crippen molar-refractivity contribution in [2.24, 2.45) is 5.92 Å². The van der Waals surface area contributed by atoms with Gasteiger partial charge in [-0.05, 0) is 31.0 Å². The lowest BCUT2D eigenvalue weighted by molar-refractivity contribution is 0.230. The van der Waals surface area contributed by atoms with Gasteiger partial charge in [-0.25, -0.2) is 0 Å². The van der Waals surface area contributed by atoms with Crippen LogP contribution in [0.3, 0.4) is 0 Å². The second-order valence-electron chi connectivity index (χ2n) is 4.16. The smallest absolute Gasteiger partial charge is 0.120 e. The summed E-state index contributed by atoms with van der Waals surface area (Å²) in [6.45, 7) is 4.62. The number of hydrogen-bond acceptors (Lipinski definition) is 4. The van der Waals surface area contributed by atoms with E-state index in [0.29, 0.717) is 12.1 Å². The third kappa shape index (κ3) is 3.40. The molecule has 0 saturated heterocycles. The Balaban J connectivity index is 2.65. The third-order valence-electron chi connectivity index (χ3n) is 2.56. The first-order valence-corrected chi connectivity index (χ1v) is 5.40. The third-order valence-corrected chi connectivity index (χ3v) is 2.56. The quantitative estimate of drug-likeness (QED) is 0.571. The Morgan fingerprint density at radius 1 is 1.25 bits per heavy atom. The second kappa shape index (κ2) is 5.72. The zero-order valence-corrected chi connectivity index (χ0v) is 9.64. The molecule has 4 N–H and O–H groups in total. The predicted molar refractivity (Wildman–Crippen MR) is 62.4 cm³/mol. The summed E-state index contributed by atoms with van der Waals surface area (Å²) in [5, 5.41) is 31.0. The van der Waals surface area contributed by atoms with Gasteiger partial charge in [-0.3, -0.25) is 0 Å². The van der Waals surface area contributed by atoms with E-state index in [4.69, 9.17) is 5.11 Å². The fourth-order valence-corrected chi connectivity index (χ4v) is 1.44. The topological polar surface area (TPSA) is 72.7 Å². The second-order valence-corrected chi connectivity index (χ2v) is 4.16. The Morgan fingerprint density at radius 3 is 2.56 bits per heavy atom. The molecule has 0 spiro atoms. The molecule has 0 amide bonds. The van der Waals surface area contributed by atoms with Gasteiger partial charge in [0.15, 0.2) is 0 Å². The molecule has 2 atom stereocenters. The SMILES string of the molecule is CC(CO)CNC(C)c1cc(O)ccc1O. The molecular weight excluding hydrogens is 206 g/mol. The van der Waals surface area contributed by atoms with E-state index in [9.17, 15) is 10.2 Å². The van der Waals surface area contributed by atoms with Crippen LogP contribution in [0.25, 0.3) is 0 Å². The van der Waals surface area contributed by atoms with E-state index in [0.717, 1.165) is 0 Å². The molecule has 0 heterocycles. The van der Waals surface area contributed by atoms with Crippen LogP contribution in [0.1, 0.15) is 25.5 Å². The van der Waals surface area contributed by atoms with Gasteiger partial charge in [-0.1, -0.05) is 6.92 Å². The molecule has 0 bridgehead atoms. The average Bonchev–Trinajstić information content (AvgIpc) is 2.28. The minimum atomic E-state index is -0.0684. The van der Waals surface area contributed by atoms with Crippen molar-refractivity contribution in [2.45, 2.75) is 19.9 Å². The molecule has 4 nitrogen and oxygen atoms in total. The summed E-state index contributed by atoms with van der Waals surface area (Å²) in [5.74, 6) is 0.466. The molecule has 1 aromatic carbocycles. The first kappa shape index (κ1) is 12.8. The van der Waals surface area contributed by atoms with E-state index in [-0.39, 0.29) is 30.1 Å². The van der Waals surface area contributed by atoms with Crippen LogP contribution in [0.5, 0.6) is 11.5 Å². The summed E-state index contributed by atoms with van der Waals surface area (Å²) in [7, 11) is 0. The van der Waals surface area contributed by atoms with Crippen LogP contribution < -0.4 is 5.32 Å². The van der Waals surface area contributed by atoms with Crippen molar-refractivity contribution in [3.63, 3.8) is 0 Å². The Hall–Kier alpha value is -1.26. The van der Waals surface area contributed by atoms with E-state index < -0.39 is 0 Å². The molecule has 0 saturated carbocycles. The zero-order chi connectivity index (χ0) is 12.1. The number of aliphatic hydroxyl groups is 1. The van der Waals surface area contributed by atoms with E-state index >= 15 is 0 Å². The lowest BCUT2D eigenvalue weighted by Gasteiger charge is -2.18. The molecule has 1 aromatic rings. The highest BCUT2D eigenvalue weighted by Gasteiger charge is 2.11. The van der Waals surface area contributed by atoms with Gasteiger partial charge in [-0.2, -0.15) is 0 Å². The van der Waals surface area contributed by atoms with Crippen LogP contribution in [-0.2, 0) is 0 Å². The summed E-state index contributed by atoms with van der Waals surface area (Å²) in [5.41, 5.74) is 0.658. The zero-order valence-electron chi connectivity index (χ0n) is 9.64. The Bertz CT molecular complexity index is 341. The maximum Gasteiger partial charge on any atom is 0.120 e. The fourth-order valence-electron chi connectivity index (χ4n) is 1.44. The largest absolute Gasteiger partial charge is 0.508 e. The van der Waals surface area contributed by atoms with Crippen molar-refractivity contribution in [2.75, 3.05) is 13.2 Å². The highest BCUT2D eigenvalue weighted by Crippen LogP contribution is 2.27.